The fourth-order valence-corrected chi connectivity index (χ4v) is 3.83. The molecule has 2 N–H and O–H groups in total. The molecule has 1 aliphatic rings. The van der Waals surface area contributed by atoms with Crippen molar-refractivity contribution in [3.63, 3.8) is 0 Å². The summed E-state index contributed by atoms with van der Waals surface area (Å²) in [4.78, 5) is 2.55. The first-order valence-electron chi connectivity index (χ1n) is 9.89. The first-order chi connectivity index (χ1) is 13.3. The van der Waals surface area contributed by atoms with E-state index in [2.05, 4.69) is 75.9 Å². The number of hydrogen-bond acceptors (Lipinski definition) is 3. The molecule has 1 aliphatic heterocycles. The van der Waals surface area contributed by atoms with Gasteiger partial charge in [0.05, 0.1) is 6.20 Å². The highest BCUT2D eigenvalue weighted by Crippen LogP contribution is 2.25. The summed E-state index contributed by atoms with van der Waals surface area (Å²) in [6, 6.07) is 17.8. The molecule has 3 aromatic rings. The van der Waals surface area contributed by atoms with Crippen molar-refractivity contribution in [2.75, 3.05) is 13.1 Å². The van der Waals surface area contributed by atoms with Crippen molar-refractivity contribution < 1.29 is 0 Å². The molecule has 0 amide bonds. The molecule has 0 radical (unpaired) electrons. The summed E-state index contributed by atoms with van der Waals surface area (Å²) in [6.45, 7) is 7.29. The normalized spacial score (nSPS) is 14.7. The number of aromatic amines is 1. The summed E-state index contributed by atoms with van der Waals surface area (Å²) in [6.07, 6.45) is 4.58. The lowest BCUT2D eigenvalue weighted by Crippen LogP contribution is -2.18. The third kappa shape index (κ3) is 4.46. The summed E-state index contributed by atoms with van der Waals surface area (Å²) in [5.74, 6) is 0. The molecule has 0 bridgehead atoms. The number of hydrogen-bond donors (Lipinski definition) is 2. The third-order valence-electron chi connectivity index (χ3n) is 5.45. The number of aryl methyl sites for hydroxylation is 1. The molecule has 2 aromatic carbocycles. The molecule has 4 rings (SSSR count). The monoisotopic (exact) mass is 360 g/mol. The Hall–Kier alpha value is -2.43. The molecule has 140 valence electrons. The van der Waals surface area contributed by atoms with Crippen LogP contribution in [0.4, 0.5) is 0 Å². The average molecular weight is 361 g/mol. The van der Waals surface area contributed by atoms with Crippen LogP contribution >= 0.6 is 0 Å². The van der Waals surface area contributed by atoms with E-state index in [0.717, 1.165) is 25.3 Å². The van der Waals surface area contributed by atoms with Gasteiger partial charge in [0.2, 0.25) is 0 Å². The molecule has 0 aliphatic carbocycles. The Bertz CT molecular complexity index is 860. The van der Waals surface area contributed by atoms with E-state index in [1.54, 1.807) is 0 Å². The van der Waals surface area contributed by atoms with Crippen molar-refractivity contribution in [1.29, 1.82) is 0 Å². The third-order valence-corrected chi connectivity index (χ3v) is 5.45. The van der Waals surface area contributed by atoms with E-state index in [-0.39, 0.29) is 0 Å². The Balaban J connectivity index is 1.43. The predicted molar refractivity (Wildman–Crippen MR) is 110 cm³/mol. The minimum Gasteiger partial charge on any atom is -0.308 e. The zero-order valence-electron chi connectivity index (χ0n) is 16.0. The van der Waals surface area contributed by atoms with Gasteiger partial charge in [-0.15, -0.1) is 0 Å². The maximum absolute atomic E-state index is 4.09. The van der Waals surface area contributed by atoms with Crippen LogP contribution in [0.2, 0.25) is 0 Å². The van der Waals surface area contributed by atoms with E-state index in [1.165, 1.54) is 53.7 Å². The summed E-state index contributed by atoms with van der Waals surface area (Å²) in [5, 5.41) is 10.6. The lowest BCUT2D eigenvalue weighted by Gasteiger charge is -2.15. The lowest BCUT2D eigenvalue weighted by atomic mass is 9.98. The fourth-order valence-electron chi connectivity index (χ4n) is 3.83. The minimum absolute atomic E-state index is 0.825. The summed E-state index contributed by atoms with van der Waals surface area (Å²) in [7, 11) is 0. The van der Waals surface area contributed by atoms with Crippen LogP contribution in [0.3, 0.4) is 0 Å². The highest BCUT2D eigenvalue weighted by atomic mass is 15.1. The highest BCUT2D eigenvalue weighted by Gasteiger charge is 2.12. The highest BCUT2D eigenvalue weighted by molar-refractivity contribution is 5.67. The van der Waals surface area contributed by atoms with Gasteiger partial charge in [0, 0.05) is 30.9 Å². The van der Waals surface area contributed by atoms with Crippen LogP contribution in [0, 0.1) is 6.92 Å². The van der Waals surface area contributed by atoms with Gasteiger partial charge in [-0.1, -0.05) is 48.5 Å². The van der Waals surface area contributed by atoms with Crippen LogP contribution in [0.1, 0.15) is 35.2 Å². The minimum atomic E-state index is 0.825. The number of aromatic nitrogens is 2. The van der Waals surface area contributed by atoms with E-state index in [1.807, 2.05) is 6.20 Å². The predicted octanol–water partition coefficient (Wildman–Crippen LogP) is 4.27. The lowest BCUT2D eigenvalue weighted by molar-refractivity contribution is 0.331. The topological polar surface area (TPSA) is 44.0 Å². The largest absolute Gasteiger partial charge is 0.308 e. The van der Waals surface area contributed by atoms with Crippen molar-refractivity contribution in [1.82, 2.24) is 20.4 Å². The Morgan fingerprint density at radius 2 is 1.70 bits per heavy atom. The second-order valence-corrected chi connectivity index (χ2v) is 7.46. The van der Waals surface area contributed by atoms with Crippen molar-refractivity contribution in [2.45, 2.75) is 39.4 Å². The smallest absolute Gasteiger partial charge is 0.0535 e. The molecule has 0 spiro atoms. The number of H-pyrrole nitrogens is 1. The summed E-state index contributed by atoms with van der Waals surface area (Å²) in [5.41, 5.74) is 7.68. The molecule has 0 atom stereocenters. The first kappa shape index (κ1) is 18.0. The van der Waals surface area contributed by atoms with Gasteiger partial charge >= 0.3 is 0 Å². The van der Waals surface area contributed by atoms with E-state index in [0.29, 0.717) is 0 Å². The van der Waals surface area contributed by atoms with Crippen molar-refractivity contribution >= 4 is 0 Å². The quantitative estimate of drug-likeness (QED) is 0.661. The molecule has 2 heterocycles. The first-order valence-corrected chi connectivity index (χ1v) is 9.89. The van der Waals surface area contributed by atoms with E-state index in [9.17, 15) is 0 Å². The fraction of sp³-hybridized carbons (Fsp3) is 0.348. The average Bonchev–Trinajstić information content (AvgIpc) is 3.35. The molecule has 4 heteroatoms. The zero-order valence-corrected chi connectivity index (χ0v) is 16.0. The Morgan fingerprint density at radius 3 is 2.44 bits per heavy atom. The van der Waals surface area contributed by atoms with E-state index >= 15 is 0 Å². The Kier molecular flexibility index (Phi) is 5.66. The summed E-state index contributed by atoms with van der Waals surface area (Å²) < 4.78 is 0. The molecule has 1 fully saturated rings. The number of nitrogens with zero attached hydrogens (tertiary/aromatic N) is 2. The van der Waals surface area contributed by atoms with E-state index in [4.69, 9.17) is 0 Å². The molecular weight excluding hydrogens is 332 g/mol. The van der Waals surface area contributed by atoms with Crippen LogP contribution in [0.25, 0.3) is 11.1 Å². The second kappa shape index (κ2) is 8.51. The molecular formula is C23H28N4. The van der Waals surface area contributed by atoms with Crippen LogP contribution in [0.15, 0.2) is 54.7 Å². The van der Waals surface area contributed by atoms with Crippen molar-refractivity contribution in [3.8, 4) is 11.1 Å². The van der Waals surface area contributed by atoms with Gasteiger partial charge in [-0.05, 0) is 55.1 Å². The number of benzene rings is 2. The SMILES string of the molecule is Cc1[nH]ncc1CNCc1ccccc1-c1ccc(CN2CCCC2)cc1. The molecule has 27 heavy (non-hydrogen) atoms. The van der Waals surface area contributed by atoms with E-state index < -0.39 is 0 Å². The number of likely N-dealkylation sites (tertiary alicyclic amines) is 1. The van der Waals surface area contributed by atoms with Crippen molar-refractivity contribution in [3.05, 3.63) is 77.1 Å². The standard InChI is InChI=1S/C23H28N4/c1-18-22(16-25-26-18)15-24-14-21-6-2-3-7-23(21)20-10-8-19(9-11-20)17-27-12-4-5-13-27/h2-3,6-11,16,24H,4-5,12-15,17H2,1H3,(H,25,26). The maximum Gasteiger partial charge on any atom is 0.0535 e. The Morgan fingerprint density at radius 1 is 0.963 bits per heavy atom. The zero-order chi connectivity index (χ0) is 18.5. The summed E-state index contributed by atoms with van der Waals surface area (Å²) >= 11 is 0. The van der Waals surface area contributed by atoms with Gasteiger partial charge in [0.1, 0.15) is 0 Å². The number of nitrogens with one attached hydrogen (secondary N) is 2. The maximum atomic E-state index is 4.09. The van der Waals surface area contributed by atoms with Gasteiger partial charge in [0.15, 0.2) is 0 Å². The second-order valence-electron chi connectivity index (χ2n) is 7.46. The number of rotatable bonds is 7. The van der Waals surface area contributed by atoms with Gasteiger partial charge in [0.25, 0.3) is 0 Å². The van der Waals surface area contributed by atoms with Gasteiger partial charge in [-0.2, -0.15) is 5.10 Å². The van der Waals surface area contributed by atoms with Gasteiger partial charge in [-0.3, -0.25) is 10.00 Å². The van der Waals surface area contributed by atoms with Crippen LogP contribution in [0.5, 0.6) is 0 Å². The molecule has 0 saturated carbocycles. The van der Waals surface area contributed by atoms with Crippen LogP contribution < -0.4 is 5.32 Å². The van der Waals surface area contributed by atoms with Gasteiger partial charge < -0.3 is 5.32 Å². The Labute approximate surface area is 161 Å². The van der Waals surface area contributed by atoms with Crippen LogP contribution in [-0.2, 0) is 19.6 Å². The van der Waals surface area contributed by atoms with Crippen molar-refractivity contribution in [2.24, 2.45) is 0 Å². The molecule has 0 unspecified atom stereocenters. The molecule has 1 saturated heterocycles. The molecule has 1 aromatic heterocycles. The molecule has 4 nitrogen and oxygen atoms in total. The van der Waals surface area contributed by atoms with Gasteiger partial charge in [-0.25, -0.2) is 0 Å². The van der Waals surface area contributed by atoms with Crippen LogP contribution in [-0.4, -0.2) is 28.2 Å².